The van der Waals surface area contributed by atoms with Crippen LogP contribution in [-0.2, 0) is 4.79 Å². The number of nitrogens with one attached hydrogen (secondary N) is 1. The minimum atomic E-state index is -0.836. The van der Waals surface area contributed by atoms with Crippen LogP contribution in [0.25, 0.3) is 0 Å². The molecule has 1 aromatic heterocycles. The third-order valence-electron chi connectivity index (χ3n) is 3.78. The van der Waals surface area contributed by atoms with Crippen molar-refractivity contribution >= 4 is 29.1 Å². The van der Waals surface area contributed by atoms with E-state index in [4.69, 9.17) is 27.6 Å². The average molecular weight is 340 g/mol. The highest BCUT2D eigenvalue weighted by Crippen LogP contribution is 2.48. The number of benzene rings is 1. The number of hydrogen-bond donors (Lipinski definition) is 2. The van der Waals surface area contributed by atoms with Crippen LogP contribution >= 0.6 is 23.2 Å². The smallest absolute Gasteiger partial charge is 0.223 e. The minimum absolute atomic E-state index is 0.0771. The lowest BCUT2D eigenvalue weighted by Crippen LogP contribution is -2.29. The second-order valence-corrected chi connectivity index (χ2v) is 6.30. The standard InChI is InChI=1S/C16H15Cl2NO3/c17-10-4-9(5-11(18)6-10)12-7-13(12)16(21)19-8-14(20)15-2-1-3-22-15/h1-6,12-14,20H,7-8H2,(H,19,21)/t12-,13+,14+/m1/s1. The van der Waals surface area contributed by atoms with E-state index in [0.717, 1.165) is 12.0 Å². The largest absolute Gasteiger partial charge is 0.467 e. The van der Waals surface area contributed by atoms with Crippen molar-refractivity contribution in [1.82, 2.24) is 5.32 Å². The van der Waals surface area contributed by atoms with Gasteiger partial charge in [-0.15, -0.1) is 0 Å². The maximum atomic E-state index is 12.1. The number of halogens is 2. The molecular weight excluding hydrogens is 325 g/mol. The summed E-state index contributed by atoms with van der Waals surface area (Å²) in [5, 5.41) is 13.8. The molecule has 1 saturated carbocycles. The Morgan fingerprint density at radius 2 is 2.09 bits per heavy atom. The van der Waals surface area contributed by atoms with Crippen LogP contribution in [0.15, 0.2) is 41.0 Å². The summed E-state index contributed by atoms with van der Waals surface area (Å²) in [6, 6.07) is 8.71. The Morgan fingerprint density at radius 3 is 2.73 bits per heavy atom. The van der Waals surface area contributed by atoms with Gasteiger partial charge < -0.3 is 14.8 Å². The van der Waals surface area contributed by atoms with Gasteiger partial charge in [0.25, 0.3) is 0 Å². The molecule has 0 radical (unpaired) electrons. The first-order valence-electron chi connectivity index (χ1n) is 7.00. The zero-order valence-corrected chi connectivity index (χ0v) is 13.1. The molecule has 1 aromatic carbocycles. The molecule has 2 aromatic rings. The van der Waals surface area contributed by atoms with Crippen LogP contribution < -0.4 is 5.32 Å². The lowest BCUT2D eigenvalue weighted by molar-refractivity contribution is -0.122. The van der Waals surface area contributed by atoms with Crippen LogP contribution in [0.2, 0.25) is 10.0 Å². The first-order valence-corrected chi connectivity index (χ1v) is 7.75. The van der Waals surface area contributed by atoms with E-state index in [1.807, 2.05) is 12.1 Å². The molecular formula is C16H15Cl2NO3. The molecule has 1 aliphatic carbocycles. The van der Waals surface area contributed by atoms with E-state index < -0.39 is 6.10 Å². The second-order valence-electron chi connectivity index (χ2n) is 5.43. The summed E-state index contributed by atoms with van der Waals surface area (Å²) in [6.45, 7) is 0.131. The molecule has 1 heterocycles. The molecule has 0 aliphatic heterocycles. The van der Waals surface area contributed by atoms with Gasteiger partial charge in [0.1, 0.15) is 11.9 Å². The van der Waals surface area contributed by atoms with Gasteiger partial charge in [0.05, 0.1) is 12.8 Å². The molecule has 1 amide bonds. The Labute approximate surface area is 138 Å². The van der Waals surface area contributed by atoms with Gasteiger partial charge >= 0.3 is 0 Å². The monoisotopic (exact) mass is 339 g/mol. The number of aliphatic hydroxyl groups is 1. The zero-order valence-electron chi connectivity index (χ0n) is 11.6. The van der Waals surface area contributed by atoms with Crippen molar-refractivity contribution in [2.45, 2.75) is 18.4 Å². The Kier molecular flexibility index (Phi) is 4.43. The number of carbonyl (C=O) groups excluding carboxylic acids is 1. The number of aliphatic hydroxyl groups excluding tert-OH is 1. The van der Waals surface area contributed by atoms with Crippen LogP contribution in [0, 0.1) is 5.92 Å². The maximum Gasteiger partial charge on any atom is 0.223 e. The molecule has 0 spiro atoms. The fourth-order valence-electron chi connectivity index (χ4n) is 2.55. The number of amides is 1. The molecule has 0 unspecified atom stereocenters. The highest BCUT2D eigenvalue weighted by atomic mass is 35.5. The third-order valence-corrected chi connectivity index (χ3v) is 4.22. The lowest BCUT2D eigenvalue weighted by atomic mass is 10.1. The van der Waals surface area contributed by atoms with E-state index in [0.29, 0.717) is 15.8 Å². The highest BCUT2D eigenvalue weighted by Gasteiger charge is 2.44. The average Bonchev–Trinajstić information content (AvgIpc) is 3.09. The Morgan fingerprint density at radius 1 is 1.36 bits per heavy atom. The molecule has 3 atom stereocenters. The van der Waals surface area contributed by atoms with Crippen LogP contribution in [-0.4, -0.2) is 17.6 Å². The van der Waals surface area contributed by atoms with Gasteiger partial charge in [-0.1, -0.05) is 23.2 Å². The van der Waals surface area contributed by atoms with E-state index >= 15 is 0 Å². The fraction of sp³-hybridized carbons (Fsp3) is 0.312. The molecule has 3 rings (SSSR count). The summed E-state index contributed by atoms with van der Waals surface area (Å²) in [7, 11) is 0. The van der Waals surface area contributed by atoms with Gasteiger partial charge in [0.15, 0.2) is 0 Å². The van der Waals surface area contributed by atoms with Crippen molar-refractivity contribution in [3.63, 3.8) is 0 Å². The minimum Gasteiger partial charge on any atom is -0.467 e. The van der Waals surface area contributed by atoms with E-state index in [9.17, 15) is 9.90 Å². The molecule has 1 fully saturated rings. The van der Waals surface area contributed by atoms with E-state index in [1.54, 1.807) is 18.2 Å². The van der Waals surface area contributed by atoms with Crippen LogP contribution in [0.4, 0.5) is 0 Å². The number of carbonyl (C=O) groups is 1. The Hall–Kier alpha value is -1.49. The third kappa shape index (κ3) is 3.46. The maximum absolute atomic E-state index is 12.1. The van der Waals surface area contributed by atoms with Crippen LogP contribution in [0.5, 0.6) is 0 Å². The van der Waals surface area contributed by atoms with Gasteiger partial charge in [-0.3, -0.25) is 4.79 Å². The number of rotatable bonds is 5. The Bertz CT molecular complexity index is 652. The van der Waals surface area contributed by atoms with Crippen LogP contribution in [0.3, 0.4) is 0 Å². The van der Waals surface area contributed by atoms with Gasteiger partial charge in [0.2, 0.25) is 5.91 Å². The highest BCUT2D eigenvalue weighted by molar-refractivity contribution is 6.34. The van der Waals surface area contributed by atoms with Crippen molar-refractivity contribution in [3.8, 4) is 0 Å². The van der Waals surface area contributed by atoms with Gasteiger partial charge in [-0.25, -0.2) is 0 Å². The summed E-state index contributed by atoms with van der Waals surface area (Å²) in [4.78, 5) is 12.1. The molecule has 1 aliphatic rings. The summed E-state index contributed by atoms with van der Waals surface area (Å²) in [5.74, 6) is 0.399. The fourth-order valence-corrected chi connectivity index (χ4v) is 3.10. The van der Waals surface area contributed by atoms with Crippen LogP contribution in [0.1, 0.15) is 29.8 Å². The van der Waals surface area contributed by atoms with Crippen molar-refractivity contribution < 1.29 is 14.3 Å². The first kappa shape index (κ1) is 15.4. The molecule has 2 N–H and O–H groups in total. The number of hydrogen-bond acceptors (Lipinski definition) is 3. The van der Waals surface area contributed by atoms with Gasteiger partial charge in [-0.2, -0.15) is 0 Å². The van der Waals surface area contributed by atoms with Crippen molar-refractivity contribution in [2.75, 3.05) is 6.54 Å². The molecule has 4 nitrogen and oxygen atoms in total. The molecule has 0 bridgehead atoms. The quantitative estimate of drug-likeness (QED) is 0.875. The number of furan rings is 1. The van der Waals surface area contributed by atoms with Crippen molar-refractivity contribution in [3.05, 3.63) is 58.0 Å². The molecule has 0 saturated heterocycles. The summed E-state index contributed by atoms with van der Waals surface area (Å²) < 4.78 is 5.09. The van der Waals surface area contributed by atoms with Gasteiger partial charge in [-0.05, 0) is 48.2 Å². The topological polar surface area (TPSA) is 62.5 Å². The Balaban J connectivity index is 1.54. The lowest BCUT2D eigenvalue weighted by Gasteiger charge is -2.09. The van der Waals surface area contributed by atoms with Crippen molar-refractivity contribution in [2.24, 2.45) is 5.92 Å². The first-order chi connectivity index (χ1) is 10.5. The van der Waals surface area contributed by atoms with Crippen molar-refractivity contribution in [1.29, 1.82) is 0 Å². The summed E-state index contributed by atoms with van der Waals surface area (Å²) in [5.41, 5.74) is 0.976. The summed E-state index contributed by atoms with van der Waals surface area (Å²) >= 11 is 12.0. The molecule has 22 heavy (non-hydrogen) atoms. The molecule has 6 heteroatoms. The zero-order chi connectivity index (χ0) is 15.7. The predicted octanol–water partition coefficient (Wildman–Crippen LogP) is 3.54. The SMILES string of the molecule is O=C(NC[C@H](O)c1ccco1)[C@H]1C[C@@H]1c1cc(Cl)cc(Cl)c1. The normalized spacial score (nSPS) is 21.4. The van der Waals surface area contributed by atoms with Gasteiger partial charge in [0, 0.05) is 16.0 Å². The molecule has 116 valence electrons. The van der Waals surface area contributed by atoms with E-state index in [1.165, 1.54) is 6.26 Å². The van der Waals surface area contributed by atoms with E-state index in [2.05, 4.69) is 5.32 Å². The van der Waals surface area contributed by atoms with E-state index in [-0.39, 0.29) is 24.3 Å². The second kappa shape index (κ2) is 6.32. The summed E-state index contributed by atoms with van der Waals surface area (Å²) in [6.07, 6.45) is 1.41. The predicted molar refractivity (Wildman–Crippen MR) is 84.0 cm³/mol.